The zero-order chi connectivity index (χ0) is 19.4. The fraction of sp³-hybridized carbons (Fsp3) is 0.500. The molecule has 1 N–H and O–H groups in total. The average Bonchev–Trinajstić information content (AvgIpc) is 2.82. The zero-order valence-electron chi connectivity index (χ0n) is 16.7. The van der Waals surface area contributed by atoms with Gasteiger partial charge in [-0.15, -0.1) is 0 Å². The SMILES string of the molecule is Cc1ccc([C@@H](C(=O)N(CCO)Cc2c(C)nn(C)c2C)N(C)C)cc1. The second-order valence-corrected chi connectivity index (χ2v) is 7.03. The second-order valence-electron chi connectivity index (χ2n) is 7.03. The monoisotopic (exact) mass is 358 g/mol. The van der Waals surface area contributed by atoms with Crippen LogP contribution in [0.15, 0.2) is 24.3 Å². The molecule has 0 aliphatic rings. The van der Waals surface area contributed by atoms with Crippen LogP contribution in [0.25, 0.3) is 0 Å². The van der Waals surface area contributed by atoms with Crippen LogP contribution in [0.1, 0.15) is 34.1 Å². The van der Waals surface area contributed by atoms with Gasteiger partial charge in [0.15, 0.2) is 0 Å². The molecule has 1 aromatic heterocycles. The van der Waals surface area contributed by atoms with Gasteiger partial charge in [-0.25, -0.2) is 0 Å². The summed E-state index contributed by atoms with van der Waals surface area (Å²) in [6, 6.07) is 7.64. The molecule has 0 aliphatic heterocycles. The fourth-order valence-electron chi connectivity index (χ4n) is 3.21. The molecule has 2 aromatic rings. The van der Waals surface area contributed by atoms with Crippen molar-refractivity contribution in [3.63, 3.8) is 0 Å². The molecule has 0 spiro atoms. The van der Waals surface area contributed by atoms with E-state index in [0.717, 1.165) is 28.1 Å². The maximum Gasteiger partial charge on any atom is 0.244 e. The molecule has 0 aliphatic carbocycles. The van der Waals surface area contributed by atoms with Crippen LogP contribution in [0, 0.1) is 20.8 Å². The summed E-state index contributed by atoms with van der Waals surface area (Å²) in [7, 11) is 5.71. The lowest BCUT2D eigenvalue weighted by Gasteiger charge is -2.31. The molecule has 1 heterocycles. The van der Waals surface area contributed by atoms with E-state index in [0.29, 0.717) is 13.1 Å². The molecule has 0 saturated heterocycles. The van der Waals surface area contributed by atoms with E-state index in [1.807, 2.05) is 75.8 Å². The zero-order valence-corrected chi connectivity index (χ0v) is 16.7. The third kappa shape index (κ3) is 4.31. The Morgan fingerprint density at radius 2 is 1.81 bits per heavy atom. The summed E-state index contributed by atoms with van der Waals surface area (Å²) in [6.45, 7) is 6.65. The number of rotatable bonds is 7. The number of benzene rings is 1. The van der Waals surface area contributed by atoms with Crippen molar-refractivity contribution in [2.24, 2.45) is 7.05 Å². The quantitative estimate of drug-likeness (QED) is 0.822. The Morgan fingerprint density at radius 1 is 1.19 bits per heavy atom. The molecule has 0 radical (unpaired) electrons. The van der Waals surface area contributed by atoms with Crippen LogP contribution in [-0.4, -0.2) is 57.8 Å². The smallest absolute Gasteiger partial charge is 0.244 e. The fourth-order valence-corrected chi connectivity index (χ4v) is 3.21. The Morgan fingerprint density at radius 3 is 2.27 bits per heavy atom. The molecule has 0 bridgehead atoms. The van der Waals surface area contributed by atoms with Gasteiger partial charge in [-0.3, -0.25) is 14.4 Å². The molecule has 1 amide bonds. The Balaban J connectivity index is 2.34. The van der Waals surface area contributed by atoms with Crippen molar-refractivity contribution in [1.82, 2.24) is 19.6 Å². The number of nitrogens with zero attached hydrogens (tertiary/aromatic N) is 4. The van der Waals surface area contributed by atoms with E-state index in [-0.39, 0.29) is 18.6 Å². The van der Waals surface area contributed by atoms with E-state index in [1.165, 1.54) is 0 Å². The summed E-state index contributed by atoms with van der Waals surface area (Å²) in [5, 5.41) is 13.9. The van der Waals surface area contributed by atoms with Gasteiger partial charge in [0, 0.05) is 31.4 Å². The minimum Gasteiger partial charge on any atom is -0.395 e. The number of aliphatic hydroxyl groups is 1. The molecule has 26 heavy (non-hydrogen) atoms. The minimum absolute atomic E-state index is 0.0180. The van der Waals surface area contributed by atoms with Crippen LogP contribution >= 0.6 is 0 Å². The van der Waals surface area contributed by atoms with Crippen molar-refractivity contribution >= 4 is 5.91 Å². The number of hydrogen-bond acceptors (Lipinski definition) is 4. The summed E-state index contributed by atoms with van der Waals surface area (Å²) in [4.78, 5) is 17.0. The summed E-state index contributed by atoms with van der Waals surface area (Å²) >= 11 is 0. The normalized spacial score (nSPS) is 12.5. The standard InChI is InChI=1S/C20H30N4O2/c1-14-7-9-17(10-8-14)19(22(4)5)20(26)24(11-12-25)13-18-15(2)21-23(6)16(18)3/h7-10,19,25H,11-13H2,1-6H3/t19-/m0/s1. The van der Waals surface area contributed by atoms with Crippen LogP contribution in [0.4, 0.5) is 0 Å². The van der Waals surface area contributed by atoms with Crippen molar-refractivity contribution in [3.05, 3.63) is 52.3 Å². The maximum atomic E-state index is 13.3. The molecule has 6 nitrogen and oxygen atoms in total. The minimum atomic E-state index is -0.389. The molecule has 6 heteroatoms. The highest BCUT2D eigenvalue weighted by Gasteiger charge is 2.28. The molecular weight excluding hydrogens is 328 g/mol. The first-order valence-electron chi connectivity index (χ1n) is 8.88. The summed E-state index contributed by atoms with van der Waals surface area (Å²) in [5.41, 5.74) is 5.10. The van der Waals surface area contributed by atoms with Crippen molar-refractivity contribution in [2.45, 2.75) is 33.4 Å². The van der Waals surface area contributed by atoms with Gasteiger partial charge in [0.1, 0.15) is 6.04 Å². The Labute approximate surface area is 156 Å². The second kappa shape index (κ2) is 8.47. The van der Waals surface area contributed by atoms with Crippen molar-refractivity contribution < 1.29 is 9.90 Å². The van der Waals surface area contributed by atoms with Crippen LogP contribution in [-0.2, 0) is 18.4 Å². The average molecular weight is 358 g/mol. The van der Waals surface area contributed by atoms with Gasteiger partial charge in [-0.1, -0.05) is 29.8 Å². The molecule has 1 aromatic carbocycles. The lowest BCUT2D eigenvalue weighted by atomic mass is 10.0. The number of likely N-dealkylation sites (N-methyl/N-ethyl adjacent to an activating group) is 1. The van der Waals surface area contributed by atoms with E-state index in [2.05, 4.69) is 5.10 Å². The third-order valence-corrected chi connectivity index (χ3v) is 4.83. The van der Waals surface area contributed by atoms with E-state index in [4.69, 9.17) is 0 Å². The largest absolute Gasteiger partial charge is 0.395 e. The van der Waals surface area contributed by atoms with E-state index in [9.17, 15) is 9.90 Å². The first-order chi connectivity index (χ1) is 12.3. The van der Waals surface area contributed by atoms with Gasteiger partial charge in [-0.2, -0.15) is 5.10 Å². The lowest BCUT2D eigenvalue weighted by molar-refractivity contribution is -0.137. The van der Waals surface area contributed by atoms with Gasteiger partial charge in [0.25, 0.3) is 0 Å². The lowest BCUT2D eigenvalue weighted by Crippen LogP contribution is -2.41. The topological polar surface area (TPSA) is 61.6 Å². The number of aliphatic hydroxyl groups excluding tert-OH is 1. The first kappa shape index (κ1) is 20.1. The van der Waals surface area contributed by atoms with Crippen molar-refractivity contribution in [1.29, 1.82) is 0 Å². The maximum absolute atomic E-state index is 13.3. The van der Waals surface area contributed by atoms with E-state index < -0.39 is 0 Å². The molecular formula is C20H30N4O2. The van der Waals surface area contributed by atoms with Crippen molar-refractivity contribution in [3.8, 4) is 0 Å². The van der Waals surface area contributed by atoms with Crippen molar-refractivity contribution in [2.75, 3.05) is 27.2 Å². The summed E-state index contributed by atoms with van der Waals surface area (Å²) in [5.74, 6) is -0.0180. The number of aromatic nitrogens is 2. The Kier molecular flexibility index (Phi) is 6.56. The Hall–Kier alpha value is -2.18. The van der Waals surface area contributed by atoms with Gasteiger partial charge >= 0.3 is 0 Å². The molecule has 0 fully saturated rings. The van der Waals surface area contributed by atoms with Gasteiger partial charge < -0.3 is 10.0 Å². The van der Waals surface area contributed by atoms with Gasteiger partial charge in [0.05, 0.1) is 12.3 Å². The Bertz CT molecular complexity index is 750. The number of carbonyl (C=O) groups is 1. The van der Waals surface area contributed by atoms with Crippen LogP contribution in [0.5, 0.6) is 0 Å². The first-order valence-corrected chi connectivity index (χ1v) is 8.88. The highest BCUT2D eigenvalue weighted by Crippen LogP contribution is 2.24. The summed E-state index contributed by atoms with van der Waals surface area (Å²) in [6.07, 6.45) is 0. The predicted molar refractivity (Wildman–Crippen MR) is 103 cm³/mol. The molecule has 0 unspecified atom stereocenters. The van der Waals surface area contributed by atoms with Crippen LogP contribution in [0.3, 0.4) is 0 Å². The van der Waals surface area contributed by atoms with Gasteiger partial charge in [-0.05, 0) is 40.4 Å². The van der Waals surface area contributed by atoms with E-state index in [1.54, 1.807) is 4.90 Å². The number of hydrogen-bond donors (Lipinski definition) is 1. The number of carbonyl (C=O) groups excluding carboxylic acids is 1. The number of aryl methyl sites for hydroxylation is 3. The molecule has 2 rings (SSSR count). The number of amides is 1. The van der Waals surface area contributed by atoms with Crippen LogP contribution < -0.4 is 0 Å². The van der Waals surface area contributed by atoms with E-state index >= 15 is 0 Å². The highest BCUT2D eigenvalue weighted by molar-refractivity contribution is 5.83. The highest BCUT2D eigenvalue weighted by atomic mass is 16.3. The van der Waals surface area contributed by atoms with Gasteiger partial charge in [0.2, 0.25) is 5.91 Å². The molecule has 142 valence electrons. The summed E-state index contributed by atoms with van der Waals surface area (Å²) < 4.78 is 1.83. The molecule has 0 saturated carbocycles. The predicted octanol–water partition coefficient (Wildman–Crippen LogP) is 1.97. The third-order valence-electron chi connectivity index (χ3n) is 4.83. The molecule has 1 atom stereocenters. The van der Waals surface area contributed by atoms with Crippen LogP contribution in [0.2, 0.25) is 0 Å².